The number of rotatable bonds is 7. The van der Waals surface area contributed by atoms with Gasteiger partial charge in [-0.05, 0) is 17.7 Å². The lowest BCUT2D eigenvalue weighted by molar-refractivity contribution is -0.125. The SMILES string of the molecule is CC(C(=O)NCCNC(=O)c1c(F)cccc1F)C(N)c1ccccc1.Cl. The third kappa shape index (κ3) is 6.01. The van der Waals surface area contributed by atoms with E-state index in [1.54, 1.807) is 6.92 Å². The fourth-order valence-corrected chi connectivity index (χ4v) is 2.45. The molecule has 2 aromatic rings. The Morgan fingerprint density at radius 1 is 0.963 bits per heavy atom. The Hall–Kier alpha value is -2.51. The van der Waals surface area contributed by atoms with Crippen LogP contribution in [0.25, 0.3) is 0 Å². The van der Waals surface area contributed by atoms with Crippen LogP contribution in [0.5, 0.6) is 0 Å². The first-order chi connectivity index (χ1) is 12.4. The summed E-state index contributed by atoms with van der Waals surface area (Å²) in [5.74, 6) is -3.49. The molecule has 2 rings (SSSR count). The zero-order valence-corrected chi connectivity index (χ0v) is 15.6. The van der Waals surface area contributed by atoms with E-state index in [1.807, 2.05) is 30.3 Å². The molecule has 2 atom stereocenters. The van der Waals surface area contributed by atoms with Crippen LogP contribution in [0.15, 0.2) is 48.5 Å². The fourth-order valence-electron chi connectivity index (χ4n) is 2.45. The molecule has 0 spiro atoms. The van der Waals surface area contributed by atoms with E-state index in [9.17, 15) is 18.4 Å². The van der Waals surface area contributed by atoms with Crippen molar-refractivity contribution in [2.45, 2.75) is 13.0 Å². The predicted octanol–water partition coefficient (Wildman–Crippen LogP) is 2.57. The highest BCUT2D eigenvalue weighted by Crippen LogP contribution is 2.18. The van der Waals surface area contributed by atoms with Gasteiger partial charge in [-0.2, -0.15) is 0 Å². The summed E-state index contributed by atoms with van der Waals surface area (Å²) in [4.78, 5) is 24.0. The van der Waals surface area contributed by atoms with E-state index in [4.69, 9.17) is 5.73 Å². The van der Waals surface area contributed by atoms with Gasteiger partial charge >= 0.3 is 0 Å². The molecule has 0 heterocycles. The Kier molecular flexibility index (Phi) is 8.84. The lowest BCUT2D eigenvalue weighted by Crippen LogP contribution is -2.40. The van der Waals surface area contributed by atoms with Crippen molar-refractivity contribution in [2.24, 2.45) is 11.7 Å². The van der Waals surface area contributed by atoms with Gasteiger partial charge in [0.25, 0.3) is 5.91 Å². The topological polar surface area (TPSA) is 84.2 Å². The first kappa shape index (κ1) is 22.5. The molecule has 2 amide bonds. The minimum Gasteiger partial charge on any atom is -0.354 e. The van der Waals surface area contributed by atoms with Crippen LogP contribution in [0.1, 0.15) is 28.9 Å². The summed E-state index contributed by atoms with van der Waals surface area (Å²) in [7, 11) is 0. The minimum absolute atomic E-state index is 0. The molecule has 5 nitrogen and oxygen atoms in total. The van der Waals surface area contributed by atoms with Gasteiger partial charge in [-0.15, -0.1) is 12.4 Å². The Morgan fingerprint density at radius 3 is 2.11 bits per heavy atom. The molecule has 0 aliphatic carbocycles. The summed E-state index contributed by atoms with van der Waals surface area (Å²) in [6, 6.07) is 12.0. The smallest absolute Gasteiger partial charge is 0.257 e. The first-order valence-electron chi connectivity index (χ1n) is 8.22. The predicted molar refractivity (Wildman–Crippen MR) is 101 cm³/mol. The monoisotopic (exact) mass is 397 g/mol. The standard InChI is InChI=1S/C19H21F2N3O2.ClH/c1-12(17(22)13-6-3-2-4-7-13)18(25)23-10-11-24-19(26)16-14(20)8-5-9-15(16)21;/h2-9,12,17H,10-11,22H2,1H3,(H,23,25)(H,24,26);1H. The van der Waals surface area contributed by atoms with Gasteiger partial charge in [0, 0.05) is 19.1 Å². The molecule has 0 aliphatic rings. The molecular weight excluding hydrogens is 376 g/mol. The van der Waals surface area contributed by atoms with E-state index >= 15 is 0 Å². The van der Waals surface area contributed by atoms with Gasteiger partial charge in [-0.3, -0.25) is 9.59 Å². The highest BCUT2D eigenvalue weighted by molar-refractivity contribution is 5.94. The van der Waals surface area contributed by atoms with E-state index in [1.165, 1.54) is 6.07 Å². The van der Waals surface area contributed by atoms with E-state index in [2.05, 4.69) is 10.6 Å². The van der Waals surface area contributed by atoms with Crippen LogP contribution in [0.4, 0.5) is 8.78 Å². The van der Waals surface area contributed by atoms with E-state index < -0.39 is 35.1 Å². The zero-order valence-electron chi connectivity index (χ0n) is 14.7. The molecule has 2 unspecified atom stereocenters. The maximum atomic E-state index is 13.5. The van der Waals surface area contributed by atoms with Crippen LogP contribution in [0.3, 0.4) is 0 Å². The number of amides is 2. The number of hydrogen-bond donors (Lipinski definition) is 3. The van der Waals surface area contributed by atoms with Crippen molar-refractivity contribution in [3.63, 3.8) is 0 Å². The summed E-state index contributed by atoms with van der Waals surface area (Å²) < 4.78 is 27.0. The van der Waals surface area contributed by atoms with Gasteiger partial charge in [-0.1, -0.05) is 43.3 Å². The largest absolute Gasteiger partial charge is 0.354 e. The van der Waals surface area contributed by atoms with E-state index in [0.717, 1.165) is 17.7 Å². The molecule has 0 radical (unpaired) electrons. The van der Waals surface area contributed by atoms with Gasteiger partial charge in [0.15, 0.2) is 0 Å². The highest BCUT2D eigenvalue weighted by Gasteiger charge is 2.22. The Labute approximate surface area is 162 Å². The number of nitrogens with two attached hydrogens (primary N) is 1. The number of benzene rings is 2. The fraction of sp³-hybridized carbons (Fsp3) is 0.263. The summed E-state index contributed by atoms with van der Waals surface area (Å²) in [6.07, 6.45) is 0. The third-order valence-corrected chi connectivity index (χ3v) is 4.04. The highest BCUT2D eigenvalue weighted by atomic mass is 35.5. The number of halogens is 3. The lowest BCUT2D eigenvalue weighted by Gasteiger charge is -2.20. The van der Waals surface area contributed by atoms with Crippen LogP contribution in [-0.4, -0.2) is 24.9 Å². The molecule has 0 aromatic heterocycles. The van der Waals surface area contributed by atoms with Gasteiger partial charge in [0.05, 0.1) is 5.92 Å². The molecule has 146 valence electrons. The van der Waals surface area contributed by atoms with Crippen molar-refractivity contribution in [3.05, 3.63) is 71.3 Å². The molecule has 0 fully saturated rings. The van der Waals surface area contributed by atoms with E-state index in [0.29, 0.717) is 0 Å². The molecule has 0 aliphatic heterocycles. The average molecular weight is 398 g/mol. The molecule has 0 saturated carbocycles. The molecule has 4 N–H and O–H groups in total. The zero-order chi connectivity index (χ0) is 19.1. The van der Waals surface area contributed by atoms with Crippen molar-refractivity contribution in [1.82, 2.24) is 10.6 Å². The Morgan fingerprint density at radius 2 is 1.52 bits per heavy atom. The number of nitrogens with one attached hydrogen (secondary N) is 2. The van der Waals surface area contributed by atoms with Gasteiger partial charge < -0.3 is 16.4 Å². The Bertz CT molecular complexity index is 755. The van der Waals surface area contributed by atoms with Crippen molar-refractivity contribution in [2.75, 3.05) is 13.1 Å². The average Bonchev–Trinajstić information content (AvgIpc) is 2.64. The van der Waals surface area contributed by atoms with Crippen LogP contribution in [0, 0.1) is 17.6 Å². The molecule has 0 saturated heterocycles. The summed E-state index contributed by atoms with van der Waals surface area (Å²) in [5.41, 5.74) is 6.29. The van der Waals surface area contributed by atoms with Crippen LogP contribution in [0.2, 0.25) is 0 Å². The molecule has 2 aromatic carbocycles. The Balaban J connectivity index is 0.00000364. The molecule has 0 bridgehead atoms. The normalized spacial score (nSPS) is 12.4. The second kappa shape index (κ2) is 10.6. The second-order valence-electron chi connectivity index (χ2n) is 5.87. The van der Waals surface area contributed by atoms with Crippen LogP contribution < -0.4 is 16.4 Å². The van der Waals surface area contributed by atoms with Gasteiger partial charge in [0.1, 0.15) is 17.2 Å². The third-order valence-electron chi connectivity index (χ3n) is 4.04. The van der Waals surface area contributed by atoms with Crippen LogP contribution >= 0.6 is 12.4 Å². The van der Waals surface area contributed by atoms with Gasteiger partial charge in [-0.25, -0.2) is 8.78 Å². The minimum atomic E-state index is -0.936. The van der Waals surface area contributed by atoms with Crippen LogP contribution in [-0.2, 0) is 4.79 Å². The summed E-state index contributed by atoms with van der Waals surface area (Å²) in [5, 5.41) is 5.02. The first-order valence-corrected chi connectivity index (χ1v) is 8.22. The van der Waals surface area contributed by atoms with Crippen molar-refractivity contribution < 1.29 is 18.4 Å². The molecule has 27 heavy (non-hydrogen) atoms. The number of carbonyl (C=O) groups is 2. The molecule has 8 heteroatoms. The van der Waals surface area contributed by atoms with Crippen molar-refractivity contribution in [1.29, 1.82) is 0 Å². The number of carbonyl (C=O) groups excluding carboxylic acids is 2. The number of hydrogen-bond acceptors (Lipinski definition) is 3. The van der Waals surface area contributed by atoms with Gasteiger partial charge in [0.2, 0.25) is 5.91 Å². The summed E-state index contributed by atoms with van der Waals surface area (Å²) >= 11 is 0. The summed E-state index contributed by atoms with van der Waals surface area (Å²) in [6.45, 7) is 1.86. The lowest BCUT2D eigenvalue weighted by atomic mass is 9.95. The van der Waals surface area contributed by atoms with E-state index in [-0.39, 0.29) is 31.4 Å². The molecular formula is C19H22ClF2N3O2. The maximum absolute atomic E-state index is 13.5. The van der Waals surface area contributed by atoms with Crippen molar-refractivity contribution >= 4 is 24.2 Å². The maximum Gasteiger partial charge on any atom is 0.257 e. The second-order valence-corrected chi connectivity index (χ2v) is 5.87. The quantitative estimate of drug-likeness (QED) is 0.628. The van der Waals surface area contributed by atoms with Crippen molar-refractivity contribution in [3.8, 4) is 0 Å².